The molecular weight excluding hydrogens is 366 g/mol. The molecule has 2 fully saturated rings. The van der Waals surface area contributed by atoms with Crippen LogP contribution in [0.25, 0.3) is 0 Å². The topological polar surface area (TPSA) is 61.9 Å². The molecule has 0 unspecified atom stereocenters. The summed E-state index contributed by atoms with van der Waals surface area (Å²) in [5.74, 6) is 0.126. The van der Waals surface area contributed by atoms with Gasteiger partial charge in [-0.3, -0.25) is 14.5 Å². The van der Waals surface area contributed by atoms with Gasteiger partial charge in [0.05, 0.1) is 19.3 Å². The predicted molar refractivity (Wildman–Crippen MR) is 105 cm³/mol. The lowest BCUT2D eigenvalue weighted by atomic mass is 9.95. The first kappa shape index (κ1) is 20.1. The van der Waals surface area contributed by atoms with Crippen LogP contribution in [0.4, 0.5) is 0 Å². The van der Waals surface area contributed by atoms with Crippen molar-refractivity contribution < 1.29 is 14.3 Å². The Balaban J connectivity index is 1.62. The van der Waals surface area contributed by atoms with Crippen molar-refractivity contribution in [2.24, 2.45) is 5.92 Å². The molecule has 0 saturated carbocycles. The van der Waals surface area contributed by atoms with E-state index in [1.54, 1.807) is 6.92 Å². The van der Waals surface area contributed by atoms with Crippen molar-refractivity contribution in [1.82, 2.24) is 15.1 Å². The third kappa shape index (κ3) is 5.21. The monoisotopic (exact) mass is 393 g/mol. The Morgan fingerprint density at radius 1 is 1.19 bits per heavy atom. The maximum atomic E-state index is 12.7. The molecule has 27 heavy (non-hydrogen) atoms. The quantitative estimate of drug-likeness (QED) is 0.832. The molecule has 6 nitrogen and oxygen atoms in total. The van der Waals surface area contributed by atoms with Gasteiger partial charge in [-0.2, -0.15) is 0 Å². The third-order valence-electron chi connectivity index (χ3n) is 5.53. The number of ether oxygens (including phenoxy) is 1. The minimum atomic E-state index is -0.0304. The number of piperidine rings is 1. The van der Waals surface area contributed by atoms with Crippen LogP contribution in [0, 0.1) is 5.92 Å². The van der Waals surface area contributed by atoms with E-state index >= 15 is 0 Å². The maximum absolute atomic E-state index is 12.7. The number of carbonyl (C=O) groups is 2. The van der Waals surface area contributed by atoms with Gasteiger partial charge in [-0.25, -0.2) is 0 Å². The normalized spacial score (nSPS) is 20.3. The van der Waals surface area contributed by atoms with Gasteiger partial charge in [-0.05, 0) is 24.5 Å². The van der Waals surface area contributed by atoms with E-state index in [2.05, 4.69) is 10.2 Å². The van der Waals surface area contributed by atoms with Gasteiger partial charge in [-0.15, -0.1) is 0 Å². The van der Waals surface area contributed by atoms with E-state index in [0.717, 1.165) is 36.5 Å². The van der Waals surface area contributed by atoms with Crippen LogP contribution in [0.15, 0.2) is 24.3 Å². The van der Waals surface area contributed by atoms with E-state index in [-0.39, 0.29) is 23.8 Å². The summed E-state index contributed by atoms with van der Waals surface area (Å²) in [5.41, 5.74) is 1.03. The van der Waals surface area contributed by atoms with E-state index in [4.69, 9.17) is 16.3 Å². The van der Waals surface area contributed by atoms with Crippen LogP contribution < -0.4 is 5.32 Å². The number of likely N-dealkylation sites (tertiary alicyclic amines) is 1. The van der Waals surface area contributed by atoms with E-state index in [0.29, 0.717) is 32.8 Å². The molecule has 3 rings (SSSR count). The lowest BCUT2D eigenvalue weighted by Gasteiger charge is -2.36. The molecule has 2 amide bonds. The molecule has 1 aromatic rings. The van der Waals surface area contributed by atoms with Gasteiger partial charge in [-0.1, -0.05) is 29.8 Å². The molecule has 2 aliphatic heterocycles. The zero-order chi connectivity index (χ0) is 19.2. The Labute approximate surface area is 165 Å². The van der Waals surface area contributed by atoms with Crippen molar-refractivity contribution in [3.05, 3.63) is 34.9 Å². The van der Waals surface area contributed by atoms with E-state index in [1.807, 2.05) is 29.2 Å². The van der Waals surface area contributed by atoms with Gasteiger partial charge < -0.3 is 15.0 Å². The van der Waals surface area contributed by atoms with E-state index in [9.17, 15) is 9.59 Å². The second kappa shape index (κ2) is 9.53. The highest BCUT2D eigenvalue weighted by Gasteiger charge is 2.28. The predicted octanol–water partition coefficient (Wildman–Crippen LogP) is 2.09. The number of morpholine rings is 1. The first-order valence-corrected chi connectivity index (χ1v) is 10.0. The van der Waals surface area contributed by atoms with Crippen molar-refractivity contribution >= 4 is 23.4 Å². The molecule has 148 valence electrons. The molecule has 0 aromatic heterocycles. The molecule has 7 heteroatoms. The van der Waals surface area contributed by atoms with Crippen LogP contribution in [0.5, 0.6) is 0 Å². The number of nitrogens with one attached hydrogen (secondary N) is 1. The van der Waals surface area contributed by atoms with Crippen molar-refractivity contribution in [2.75, 3.05) is 45.9 Å². The molecule has 0 aliphatic carbocycles. The van der Waals surface area contributed by atoms with Crippen LogP contribution in [-0.4, -0.2) is 67.6 Å². The Hall–Kier alpha value is -1.63. The van der Waals surface area contributed by atoms with Gasteiger partial charge in [0.15, 0.2) is 0 Å². The highest BCUT2D eigenvalue weighted by Crippen LogP contribution is 2.28. The largest absolute Gasteiger partial charge is 0.379 e. The molecule has 0 bridgehead atoms. The molecule has 0 radical (unpaired) electrons. The molecule has 2 heterocycles. The molecule has 2 aliphatic rings. The van der Waals surface area contributed by atoms with Crippen LogP contribution in [0.3, 0.4) is 0 Å². The highest BCUT2D eigenvalue weighted by atomic mass is 35.5. The van der Waals surface area contributed by atoms with Gasteiger partial charge in [0, 0.05) is 50.6 Å². The fourth-order valence-electron chi connectivity index (χ4n) is 3.87. The van der Waals surface area contributed by atoms with E-state index < -0.39 is 0 Å². The summed E-state index contributed by atoms with van der Waals surface area (Å²) >= 11 is 6.44. The van der Waals surface area contributed by atoms with Gasteiger partial charge in [0.1, 0.15) is 0 Å². The zero-order valence-electron chi connectivity index (χ0n) is 15.8. The van der Waals surface area contributed by atoms with Crippen LogP contribution in [-0.2, 0) is 14.3 Å². The molecule has 2 saturated heterocycles. The van der Waals surface area contributed by atoms with E-state index in [1.165, 1.54) is 0 Å². The van der Waals surface area contributed by atoms with Crippen molar-refractivity contribution in [3.63, 3.8) is 0 Å². The minimum Gasteiger partial charge on any atom is -0.379 e. The average Bonchev–Trinajstić information content (AvgIpc) is 2.70. The highest BCUT2D eigenvalue weighted by molar-refractivity contribution is 6.31. The number of rotatable bonds is 5. The smallest absolute Gasteiger partial charge is 0.223 e. The number of benzene rings is 1. The number of hydrogen-bond donors (Lipinski definition) is 1. The van der Waals surface area contributed by atoms with Gasteiger partial charge >= 0.3 is 0 Å². The Morgan fingerprint density at radius 3 is 2.48 bits per heavy atom. The molecular formula is C20H28ClN3O3. The Morgan fingerprint density at radius 2 is 1.85 bits per heavy atom. The summed E-state index contributed by atoms with van der Waals surface area (Å²) in [7, 11) is 0. The number of carbonyl (C=O) groups excluding carboxylic acids is 2. The molecule has 1 aromatic carbocycles. The second-order valence-electron chi connectivity index (χ2n) is 7.21. The van der Waals surface area contributed by atoms with Crippen LogP contribution in [0.2, 0.25) is 5.02 Å². The van der Waals surface area contributed by atoms with Gasteiger partial charge in [0.2, 0.25) is 11.8 Å². The SMILES string of the molecule is CC(=O)N1CCC(C(=O)NC[C@H](c2ccccc2Cl)N2CCOCC2)CC1. The Kier molecular flexibility index (Phi) is 7.10. The molecule has 1 N–H and O–H groups in total. The summed E-state index contributed by atoms with van der Waals surface area (Å²) in [6.45, 7) is 6.45. The summed E-state index contributed by atoms with van der Waals surface area (Å²) in [5, 5.41) is 3.86. The average molecular weight is 394 g/mol. The van der Waals surface area contributed by atoms with Gasteiger partial charge in [0.25, 0.3) is 0 Å². The minimum absolute atomic E-state index is 0.0304. The van der Waals surface area contributed by atoms with Crippen LogP contribution in [0.1, 0.15) is 31.4 Å². The molecule has 1 atom stereocenters. The zero-order valence-corrected chi connectivity index (χ0v) is 16.6. The lowest BCUT2D eigenvalue weighted by Crippen LogP contribution is -2.46. The summed E-state index contributed by atoms with van der Waals surface area (Å²) in [4.78, 5) is 28.3. The fraction of sp³-hybridized carbons (Fsp3) is 0.600. The lowest BCUT2D eigenvalue weighted by molar-refractivity contribution is -0.134. The second-order valence-corrected chi connectivity index (χ2v) is 7.62. The number of halogens is 1. The number of nitrogens with zero attached hydrogens (tertiary/aromatic N) is 2. The van der Waals surface area contributed by atoms with Crippen molar-refractivity contribution in [1.29, 1.82) is 0 Å². The third-order valence-corrected chi connectivity index (χ3v) is 5.88. The first-order chi connectivity index (χ1) is 13.1. The van der Waals surface area contributed by atoms with Crippen LogP contribution >= 0.6 is 11.6 Å². The molecule has 0 spiro atoms. The summed E-state index contributed by atoms with van der Waals surface area (Å²) in [6, 6.07) is 7.85. The Bertz CT molecular complexity index is 656. The standard InChI is InChI=1S/C20H28ClN3O3/c1-15(25)23-8-6-16(7-9-23)20(26)22-14-19(24-10-12-27-13-11-24)17-4-2-3-5-18(17)21/h2-5,16,19H,6-14H2,1H3,(H,22,26)/t19-/m1/s1. The maximum Gasteiger partial charge on any atom is 0.223 e. The number of hydrogen-bond acceptors (Lipinski definition) is 4. The summed E-state index contributed by atoms with van der Waals surface area (Å²) in [6.07, 6.45) is 1.44. The van der Waals surface area contributed by atoms with Crippen molar-refractivity contribution in [3.8, 4) is 0 Å². The first-order valence-electron chi connectivity index (χ1n) is 9.65. The summed E-state index contributed by atoms with van der Waals surface area (Å²) < 4.78 is 5.47. The fourth-order valence-corrected chi connectivity index (χ4v) is 4.13. The number of amides is 2. The van der Waals surface area contributed by atoms with Crippen molar-refractivity contribution in [2.45, 2.75) is 25.8 Å².